The van der Waals surface area contributed by atoms with E-state index in [2.05, 4.69) is 5.32 Å². The third kappa shape index (κ3) is 9.69. The lowest BCUT2D eigenvalue weighted by Crippen LogP contribution is -2.34. The van der Waals surface area contributed by atoms with Crippen LogP contribution in [-0.2, 0) is 9.53 Å². The number of nitrogens with one attached hydrogen (secondary N) is 1. The molecule has 0 aliphatic carbocycles. The second-order valence-corrected chi connectivity index (χ2v) is 4.82. The second kappa shape index (κ2) is 6.80. The van der Waals surface area contributed by atoms with Crippen LogP contribution in [0.5, 0.6) is 0 Å². The number of carbonyl (C=O) groups excluding carboxylic acids is 1. The summed E-state index contributed by atoms with van der Waals surface area (Å²) < 4.78 is 5.32. The molecule has 4 nitrogen and oxygen atoms in total. The van der Waals surface area contributed by atoms with Crippen molar-refractivity contribution in [1.82, 2.24) is 5.32 Å². The summed E-state index contributed by atoms with van der Waals surface area (Å²) in [4.78, 5) is 11.3. The molecule has 0 aromatic heterocycles. The highest BCUT2D eigenvalue weighted by molar-refractivity contribution is 5.77. The quantitative estimate of drug-likeness (QED) is 0.696. The molecule has 0 saturated heterocycles. The van der Waals surface area contributed by atoms with E-state index >= 15 is 0 Å². The summed E-state index contributed by atoms with van der Waals surface area (Å²) in [6, 6.07) is 0. The van der Waals surface area contributed by atoms with Crippen LogP contribution in [0.15, 0.2) is 0 Å². The van der Waals surface area contributed by atoms with E-state index in [0.717, 1.165) is 0 Å². The van der Waals surface area contributed by atoms with Crippen LogP contribution in [0.4, 0.5) is 0 Å². The largest absolute Gasteiger partial charge is 0.396 e. The Morgan fingerprint density at radius 2 is 2.07 bits per heavy atom. The van der Waals surface area contributed by atoms with Crippen LogP contribution >= 0.6 is 0 Å². The maximum Gasteiger partial charge on any atom is 0.246 e. The molecule has 90 valence electrons. The number of hydrogen-bond donors (Lipinski definition) is 2. The van der Waals surface area contributed by atoms with Gasteiger partial charge in [0.25, 0.3) is 0 Å². The average molecular weight is 217 g/mol. The van der Waals surface area contributed by atoms with Crippen molar-refractivity contribution in [1.29, 1.82) is 0 Å². The van der Waals surface area contributed by atoms with Crippen molar-refractivity contribution in [3.05, 3.63) is 0 Å². The monoisotopic (exact) mass is 217 g/mol. The van der Waals surface area contributed by atoms with Crippen molar-refractivity contribution in [2.45, 2.75) is 39.7 Å². The predicted octanol–water partition coefficient (Wildman–Crippen LogP) is 0.936. The molecule has 0 bridgehead atoms. The van der Waals surface area contributed by atoms with Gasteiger partial charge < -0.3 is 15.2 Å². The molecule has 4 heteroatoms. The van der Waals surface area contributed by atoms with E-state index in [1.165, 1.54) is 0 Å². The molecule has 0 aromatic carbocycles. The molecule has 0 spiro atoms. The molecule has 0 aliphatic heterocycles. The Hall–Kier alpha value is -0.610. The predicted molar refractivity (Wildman–Crippen MR) is 59.6 cm³/mol. The fraction of sp³-hybridized carbons (Fsp3) is 0.909. The molecule has 0 fully saturated rings. The van der Waals surface area contributed by atoms with Crippen LogP contribution in [0.3, 0.4) is 0 Å². The maximum absolute atomic E-state index is 11.3. The SMILES string of the molecule is CC(CCO)CNC(=O)COC(C)(C)C. The smallest absolute Gasteiger partial charge is 0.246 e. The molecule has 15 heavy (non-hydrogen) atoms. The van der Waals surface area contributed by atoms with Gasteiger partial charge in [-0.25, -0.2) is 0 Å². The van der Waals surface area contributed by atoms with Crippen LogP contribution in [-0.4, -0.2) is 36.4 Å². The number of rotatable bonds is 6. The number of amides is 1. The van der Waals surface area contributed by atoms with Gasteiger partial charge in [0.1, 0.15) is 6.61 Å². The molecule has 1 unspecified atom stereocenters. The number of aliphatic hydroxyl groups excluding tert-OH is 1. The zero-order chi connectivity index (χ0) is 11.9. The zero-order valence-corrected chi connectivity index (χ0v) is 10.2. The van der Waals surface area contributed by atoms with Gasteiger partial charge in [0, 0.05) is 13.2 Å². The average Bonchev–Trinajstić information content (AvgIpc) is 2.11. The van der Waals surface area contributed by atoms with E-state index in [-0.39, 0.29) is 24.7 Å². The molecule has 0 radical (unpaired) electrons. The van der Waals surface area contributed by atoms with Crippen LogP contribution < -0.4 is 5.32 Å². The fourth-order valence-electron chi connectivity index (χ4n) is 0.944. The van der Waals surface area contributed by atoms with Gasteiger partial charge in [-0.2, -0.15) is 0 Å². The van der Waals surface area contributed by atoms with E-state index in [4.69, 9.17) is 9.84 Å². The van der Waals surface area contributed by atoms with Gasteiger partial charge >= 0.3 is 0 Å². The normalized spacial score (nSPS) is 13.7. The molecular formula is C11H23NO3. The van der Waals surface area contributed by atoms with E-state index in [9.17, 15) is 4.79 Å². The summed E-state index contributed by atoms with van der Waals surface area (Å²) in [7, 11) is 0. The van der Waals surface area contributed by atoms with Crippen molar-refractivity contribution >= 4 is 5.91 Å². The van der Waals surface area contributed by atoms with Crippen LogP contribution in [0.25, 0.3) is 0 Å². The Bertz CT molecular complexity index is 187. The highest BCUT2D eigenvalue weighted by Gasteiger charge is 2.13. The van der Waals surface area contributed by atoms with E-state index in [0.29, 0.717) is 18.9 Å². The lowest BCUT2D eigenvalue weighted by atomic mass is 10.1. The minimum absolute atomic E-state index is 0.0926. The van der Waals surface area contributed by atoms with Gasteiger partial charge in [0.2, 0.25) is 5.91 Å². The van der Waals surface area contributed by atoms with Crippen LogP contribution in [0.2, 0.25) is 0 Å². The van der Waals surface area contributed by atoms with Gasteiger partial charge in [-0.3, -0.25) is 4.79 Å². The molecular weight excluding hydrogens is 194 g/mol. The number of ether oxygens (including phenoxy) is 1. The summed E-state index contributed by atoms with van der Waals surface area (Å²) in [5, 5.41) is 11.4. The third-order valence-electron chi connectivity index (χ3n) is 1.91. The third-order valence-corrected chi connectivity index (χ3v) is 1.91. The Labute approximate surface area is 92.0 Å². The summed E-state index contributed by atoms with van der Waals surface area (Å²) in [5.41, 5.74) is -0.284. The van der Waals surface area contributed by atoms with Crippen molar-refractivity contribution in [2.24, 2.45) is 5.92 Å². The molecule has 0 rings (SSSR count). The standard InChI is InChI=1S/C11H23NO3/c1-9(5-6-13)7-12-10(14)8-15-11(2,3)4/h9,13H,5-8H2,1-4H3,(H,12,14). The summed E-state index contributed by atoms with van der Waals surface area (Å²) in [6.07, 6.45) is 0.709. The fourth-order valence-corrected chi connectivity index (χ4v) is 0.944. The first kappa shape index (κ1) is 14.4. The Balaban J connectivity index is 3.58. The summed E-state index contributed by atoms with van der Waals surface area (Å²) >= 11 is 0. The van der Waals surface area contributed by atoms with E-state index in [1.54, 1.807) is 0 Å². The van der Waals surface area contributed by atoms with Crippen molar-refractivity contribution in [2.75, 3.05) is 19.8 Å². The topological polar surface area (TPSA) is 58.6 Å². The molecule has 2 N–H and O–H groups in total. The van der Waals surface area contributed by atoms with Crippen molar-refractivity contribution in [3.8, 4) is 0 Å². The van der Waals surface area contributed by atoms with Gasteiger partial charge in [0.05, 0.1) is 5.60 Å². The molecule has 1 amide bonds. The minimum Gasteiger partial charge on any atom is -0.396 e. The molecule has 0 aliphatic rings. The highest BCUT2D eigenvalue weighted by Crippen LogP contribution is 2.05. The first-order valence-corrected chi connectivity index (χ1v) is 5.36. The lowest BCUT2D eigenvalue weighted by molar-refractivity contribution is -0.130. The maximum atomic E-state index is 11.3. The van der Waals surface area contributed by atoms with Crippen molar-refractivity contribution < 1.29 is 14.6 Å². The molecule has 0 saturated carbocycles. The zero-order valence-electron chi connectivity index (χ0n) is 10.2. The summed E-state index contributed by atoms with van der Waals surface area (Å²) in [5.74, 6) is 0.198. The van der Waals surface area contributed by atoms with Crippen LogP contribution in [0, 0.1) is 5.92 Å². The van der Waals surface area contributed by atoms with E-state index in [1.807, 2.05) is 27.7 Å². The number of aliphatic hydroxyl groups is 1. The minimum atomic E-state index is -0.284. The second-order valence-electron chi connectivity index (χ2n) is 4.82. The molecule has 0 heterocycles. The summed E-state index contributed by atoms with van der Waals surface area (Å²) in [6.45, 7) is 8.57. The number of hydrogen-bond acceptors (Lipinski definition) is 3. The van der Waals surface area contributed by atoms with Crippen molar-refractivity contribution in [3.63, 3.8) is 0 Å². The highest BCUT2D eigenvalue weighted by atomic mass is 16.5. The van der Waals surface area contributed by atoms with Crippen LogP contribution in [0.1, 0.15) is 34.1 Å². The Morgan fingerprint density at radius 3 is 2.53 bits per heavy atom. The molecule has 1 atom stereocenters. The lowest BCUT2D eigenvalue weighted by Gasteiger charge is -2.19. The van der Waals surface area contributed by atoms with Gasteiger partial charge in [0.15, 0.2) is 0 Å². The van der Waals surface area contributed by atoms with Gasteiger partial charge in [-0.05, 0) is 33.1 Å². The molecule has 0 aromatic rings. The number of carbonyl (C=O) groups is 1. The Kier molecular flexibility index (Phi) is 6.52. The van der Waals surface area contributed by atoms with Gasteiger partial charge in [-0.15, -0.1) is 0 Å². The first-order chi connectivity index (χ1) is 6.85. The Morgan fingerprint density at radius 1 is 1.47 bits per heavy atom. The van der Waals surface area contributed by atoms with E-state index < -0.39 is 0 Å². The van der Waals surface area contributed by atoms with Gasteiger partial charge in [-0.1, -0.05) is 6.92 Å². The first-order valence-electron chi connectivity index (χ1n) is 5.36.